The van der Waals surface area contributed by atoms with Gasteiger partial charge in [-0.3, -0.25) is 14.9 Å². The second kappa shape index (κ2) is 12.6. The Hall–Kier alpha value is -3.13. The van der Waals surface area contributed by atoms with E-state index in [4.69, 9.17) is 37.9 Å². The molecule has 0 spiro atoms. The monoisotopic (exact) mass is 649 g/mol. The summed E-state index contributed by atoms with van der Waals surface area (Å²) in [6, 6.07) is 17.8. The number of urea groups is 1. The van der Waals surface area contributed by atoms with E-state index in [1.807, 2.05) is 77.5 Å². The summed E-state index contributed by atoms with van der Waals surface area (Å²) >= 11 is 12.8. The molecule has 2 aromatic carbocycles. The maximum Gasteiger partial charge on any atom is 0.326 e. The summed E-state index contributed by atoms with van der Waals surface area (Å²) in [6.07, 6.45) is 3.62. The largest absolute Gasteiger partial charge is 0.493 e. The fourth-order valence-corrected chi connectivity index (χ4v) is 6.82. The van der Waals surface area contributed by atoms with E-state index < -0.39 is 11.1 Å². The number of hydrogen-bond acceptors (Lipinski definition) is 5. The molecule has 2 aliphatic heterocycles. The topological polar surface area (TPSA) is 61.3 Å². The Labute approximate surface area is 278 Å². The minimum absolute atomic E-state index is 0.0940. The fourth-order valence-electron chi connectivity index (χ4n) is 6.57. The van der Waals surface area contributed by atoms with Crippen molar-refractivity contribution in [1.82, 2.24) is 19.7 Å². The first kappa shape index (κ1) is 33.2. The molecule has 7 nitrogen and oxygen atoms in total. The van der Waals surface area contributed by atoms with Gasteiger partial charge in [0.2, 0.25) is 0 Å². The van der Waals surface area contributed by atoms with Crippen LogP contribution in [0.5, 0.6) is 5.75 Å². The highest BCUT2D eigenvalue weighted by Crippen LogP contribution is 2.54. The van der Waals surface area contributed by atoms with E-state index in [0.717, 1.165) is 29.7 Å². The Bertz CT molecular complexity index is 1560. The highest BCUT2D eigenvalue weighted by molar-refractivity contribution is 6.30. The number of rotatable bonds is 6. The Morgan fingerprint density at radius 3 is 2.04 bits per heavy atom. The van der Waals surface area contributed by atoms with Crippen LogP contribution in [0.4, 0.5) is 4.79 Å². The number of likely N-dealkylation sites (tertiary alicyclic amines) is 1. The molecule has 1 aromatic heterocycles. The standard InChI is InChI=1S/C36H45Cl2N5O2/c1-9-45-30-22-31(34(2,3)4)39-23-29(30)32-40-35(5,24-10-14-26(37)15-11-24)36(6,25-12-16-27(38)17-13-25)43(32)33(44)42-20-18-28(19-21-42)41(7)8/h10-17,22-23,28H,9,18-21H2,1-8H3/t35-,36?/m0/s1. The summed E-state index contributed by atoms with van der Waals surface area (Å²) in [5.74, 6) is 1.18. The molecule has 0 radical (unpaired) electrons. The maximum absolute atomic E-state index is 15.0. The molecule has 2 amide bonds. The van der Waals surface area contributed by atoms with Crippen LogP contribution in [-0.4, -0.2) is 71.4 Å². The van der Waals surface area contributed by atoms with E-state index in [0.29, 0.717) is 52.9 Å². The number of halogens is 2. The molecular formula is C36H45Cl2N5O2. The van der Waals surface area contributed by atoms with Crippen molar-refractivity contribution < 1.29 is 9.53 Å². The summed E-state index contributed by atoms with van der Waals surface area (Å²) in [5, 5.41) is 1.26. The smallest absolute Gasteiger partial charge is 0.326 e. The van der Waals surface area contributed by atoms with Crippen molar-refractivity contribution in [2.75, 3.05) is 33.8 Å². The molecule has 1 unspecified atom stereocenters. The van der Waals surface area contributed by atoms with Crippen LogP contribution in [0.25, 0.3) is 0 Å². The summed E-state index contributed by atoms with van der Waals surface area (Å²) < 4.78 is 6.27. The number of piperidine rings is 1. The molecule has 2 aliphatic rings. The van der Waals surface area contributed by atoms with Gasteiger partial charge < -0.3 is 14.5 Å². The van der Waals surface area contributed by atoms with Crippen LogP contribution in [-0.2, 0) is 16.5 Å². The van der Waals surface area contributed by atoms with Gasteiger partial charge in [0.1, 0.15) is 22.7 Å². The van der Waals surface area contributed by atoms with Crippen LogP contribution in [0, 0.1) is 0 Å². The van der Waals surface area contributed by atoms with E-state index in [1.165, 1.54) is 0 Å². The van der Waals surface area contributed by atoms with Gasteiger partial charge in [-0.2, -0.15) is 0 Å². The quantitative estimate of drug-likeness (QED) is 0.270. The number of hydrogen-bond donors (Lipinski definition) is 0. The van der Waals surface area contributed by atoms with Gasteiger partial charge in [0.05, 0.1) is 12.2 Å². The van der Waals surface area contributed by atoms with E-state index >= 15 is 4.79 Å². The summed E-state index contributed by atoms with van der Waals surface area (Å²) in [5.41, 5.74) is 1.37. The van der Waals surface area contributed by atoms with Crippen LogP contribution in [0.1, 0.15) is 76.8 Å². The molecule has 2 atom stereocenters. The first-order valence-corrected chi connectivity index (χ1v) is 16.5. The normalized spacial score (nSPS) is 22.6. The Morgan fingerprint density at radius 1 is 0.978 bits per heavy atom. The fraction of sp³-hybridized carbons (Fsp3) is 0.472. The SMILES string of the molecule is CCOc1cc(C(C)(C)C)ncc1C1=N[C@@](C)(c2ccc(Cl)cc2)C(C)(c2ccc(Cl)cc2)N1C(=O)N1CCC(N(C)C)CC1. The van der Waals surface area contributed by atoms with Gasteiger partial charge in [-0.15, -0.1) is 0 Å². The zero-order valence-electron chi connectivity index (χ0n) is 27.7. The lowest BCUT2D eigenvalue weighted by Gasteiger charge is -2.47. The van der Waals surface area contributed by atoms with Crippen molar-refractivity contribution in [3.63, 3.8) is 0 Å². The first-order chi connectivity index (χ1) is 21.2. The molecule has 1 fully saturated rings. The number of benzene rings is 2. The summed E-state index contributed by atoms with van der Waals surface area (Å²) in [4.78, 5) is 31.5. The molecular weight excluding hydrogens is 605 g/mol. The lowest BCUT2D eigenvalue weighted by molar-refractivity contribution is 0.0911. The molecule has 5 rings (SSSR count). The molecule has 9 heteroatoms. The Kier molecular flexibility index (Phi) is 9.29. The van der Waals surface area contributed by atoms with Crippen molar-refractivity contribution in [3.05, 3.63) is 93.2 Å². The van der Waals surface area contributed by atoms with Gasteiger partial charge in [0.15, 0.2) is 0 Å². The average Bonchev–Trinajstić information content (AvgIpc) is 3.25. The number of aliphatic imine (C=N–C) groups is 1. The molecule has 3 heterocycles. The van der Waals surface area contributed by atoms with E-state index in [1.54, 1.807) is 0 Å². The van der Waals surface area contributed by atoms with Crippen LogP contribution in [0.2, 0.25) is 10.0 Å². The molecule has 1 saturated heterocycles. The highest BCUT2D eigenvalue weighted by Gasteiger charge is 2.60. The van der Waals surface area contributed by atoms with Gasteiger partial charge in [-0.1, -0.05) is 68.2 Å². The zero-order valence-corrected chi connectivity index (χ0v) is 29.2. The third-order valence-electron chi connectivity index (χ3n) is 9.58. The van der Waals surface area contributed by atoms with Gasteiger partial charge in [0.25, 0.3) is 0 Å². The molecule has 0 aliphatic carbocycles. The lowest BCUT2D eigenvalue weighted by Crippen LogP contribution is -2.59. The molecule has 3 aromatic rings. The number of nitrogens with zero attached hydrogens (tertiary/aromatic N) is 5. The summed E-state index contributed by atoms with van der Waals surface area (Å²) in [7, 11) is 4.21. The molecule has 0 N–H and O–H groups in total. The van der Waals surface area contributed by atoms with E-state index in [-0.39, 0.29) is 11.4 Å². The number of pyridine rings is 1. The van der Waals surface area contributed by atoms with Crippen molar-refractivity contribution in [2.24, 2.45) is 4.99 Å². The minimum atomic E-state index is -0.956. The molecule has 0 saturated carbocycles. The zero-order chi connectivity index (χ0) is 32.7. The van der Waals surface area contributed by atoms with Gasteiger partial charge in [-0.05, 0) is 83.1 Å². The minimum Gasteiger partial charge on any atom is -0.493 e. The Morgan fingerprint density at radius 2 is 1.53 bits per heavy atom. The second-order valence-corrected chi connectivity index (χ2v) is 14.5. The third kappa shape index (κ3) is 6.07. The molecule has 240 valence electrons. The molecule has 0 bridgehead atoms. The van der Waals surface area contributed by atoms with Crippen molar-refractivity contribution in [3.8, 4) is 5.75 Å². The lowest BCUT2D eigenvalue weighted by atomic mass is 9.71. The van der Waals surface area contributed by atoms with E-state index in [2.05, 4.69) is 53.6 Å². The van der Waals surface area contributed by atoms with Crippen LogP contribution in [0.15, 0.2) is 65.8 Å². The van der Waals surface area contributed by atoms with Gasteiger partial charge in [-0.25, -0.2) is 4.79 Å². The first-order valence-electron chi connectivity index (χ1n) is 15.7. The van der Waals surface area contributed by atoms with Gasteiger partial charge in [0, 0.05) is 52.5 Å². The second-order valence-electron chi connectivity index (χ2n) is 13.6. The van der Waals surface area contributed by atoms with Crippen LogP contribution in [0.3, 0.4) is 0 Å². The van der Waals surface area contributed by atoms with Crippen molar-refractivity contribution in [2.45, 2.75) is 76.9 Å². The van der Waals surface area contributed by atoms with Crippen LogP contribution < -0.4 is 4.74 Å². The number of ether oxygens (including phenoxy) is 1. The molecule has 45 heavy (non-hydrogen) atoms. The highest BCUT2D eigenvalue weighted by atomic mass is 35.5. The predicted octanol–water partition coefficient (Wildman–Crippen LogP) is 8.12. The summed E-state index contributed by atoms with van der Waals surface area (Å²) in [6.45, 7) is 14.3. The Balaban J connectivity index is 1.76. The predicted molar refractivity (Wildman–Crippen MR) is 184 cm³/mol. The maximum atomic E-state index is 15.0. The number of aromatic nitrogens is 1. The third-order valence-corrected chi connectivity index (χ3v) is 10.1. The number of carbonyl (C=O) groups is 1. The van der Waals surface area contributed by atoms with Gasteiger partial charge >= 0.3 is 6.03 Å². The number of carbonyl (C=O) groups excluding carboxylic acids is 1. The number of amidine groups is 1. The number of amides is 2. The van der Waals surface area contributed by atoms with Crippen molar-refractivity contribution >= 4 is 35.1 Å². The van der Waals surface area contributed by atoms with E-state index in [9.17, 15) is 0 Å². The van der Waals surface area contributed by atoms with Crippen molar-refractivity contribution in [1.29, 1.82) is 0 Å². The average molecular weight is 651 g/mol. The van der Waals surface area contributed by atoms with Crippen LogP contribution >= 0.6 is 23.2 Å².